The molecule has 0 atom stereocenters. The lowest BCUT2D eigenvalue weighted by atomic mass is 10.2. The van der Waals surface area contributed by atoms with Crippen LogP contribution < -0.4 is 14.7 Å². The van der Waals surface area contributed by atoms with E-state index in [1.54, 1.807) is 0 Å². The Bertz CT molecular complexity index is 815. The highest BCUT2D eigenvalue weighted by Gasteiger charge is 2.25. The first-order chi connectivity index (χ1) is 16.0. The van der Waals surface area contributed by atoms with Crippen molar-refractivity contribution >= 4 is 28.0 Å². The predicted molar refractivity (Wildman–Crippen MR) is 131 cm³/mol. The molecule has 33 heavy (non-hydrogen) atoms. The van der Waals surface area contributed by atoms with Gasteiger partial charge in [0, 0.05) is 52.4 Å². The van der Waals surface area contributed by atoms with Crippen LogP contribution in [-0.4, -0.2) is 100 Å². The normalized spacial score (nSPS) is 20.2. The number of piperazine rings is 1. The second-order valence-electron chi connectivity index (χ2n) is 9.39. The molecule has 0 spiro atoms. The number of anilines is 3. The zero-order valence-electron chi connectivity index (χ0n) is 20.0. The van der Waals surface area contributed by atoms with Gasteiger partial charge < -0.3 is 14.7 Å². The highest BCUT2D eigenvalue weighted by Crippen LogP contribution is 2.24. The van der Waals surface area contributed by atoms with E-state index in [0.29, 0.717) is 6.61 Å². The van der Waals surface area contributed by atoms with Gasteiger partial charge in [-0.05, 0) is 45.1 Å². The third-order valence-corrected chi connectivity index (χ3v) is 7.29. The van der Waals surface area contributed by atoms with Crippen LogP contribution in [0.15, 0.2) is 0 Å². The topological polar surface area (TPSA) is 95.0 Å². The summed E-state index contributed by atoms with van der Waals surface area (Å²) in [5.74, 6) is 2.53. The summed E-state index contributed by atoms with van der Waals surface area (Å²) in [6, 6.07) is 0. The fourth-order valence-corrected chi connectivity index (χ4v) is 5.20. The standard InChI is InChI=1S/C22H39N7O3S/c1-33(30,31)32-19-9-3-2-4-10-26-15-17-29(18-16-26)22-24-20(27-11-5-6-12-27)23-21(25-22)28-13-7-8-14-28/h2-19H2,1H3. The van der Waals surface area contributed by atoms with E-state index < -0.39 is 10.1 Å². The Hall–Kier alpha value is -1.72. The molecule has 0 saturated carbocycles. The molecule has 0 aromatic carbocycles. The molecule has 4 heterocycles. The van der Waals surface area contributed by atoms with E-state index in [1.165, 1.54) is 25.7 Å². The molecule has 0 amide bonds. The van der Waals surface area contributed by atoms with Crippen molar-refractivity contribution in [1.29, 1.82) is 0 Å². The summed E-state index contributed by atoms with van der Waals surface area (Å²) in [5, 5.41) is 0. The first-order valence-corrected chi connectivity index (χ1v) is 14.4. The van der Waals surface area contributed by atoms with Crippen LogP contribution in [-0.2, 0) is 14.3 Å². The molecule has 3 aliphatic heterocycles. The van der Waals surface area contributed by atoms with Crippen LogP contribution in [0.2, 0.25) is 0 Å². The molecule has 0 radical (unpaired) electrons. The van der Waals surface area contributed by atoms with Crippen LogP contribution in [0.4, 0.5) is 17.8 Å². The van der Waals surface area contributed by atoms with Gasteiger partial charge in [0.2, 0.25) is 17.8 Å². The number of hydrogen-bond acceptors (Lipinski definition) is 10. The van der Waals surface area contributed by atoms with Crippen LogP contribution in [0.25, 0.3) is 0 Å². The minimum atomic E-state index is -3.31. The Labute approximate surface area is 198 Å². The molecule has 0 aliphatic carbocycles. The summed E-state index contributed by atoms with van der Waals surface area (Å²) in [5.41, 5.74) is 0. The molecule has 4 rings (SSSR count). The van der Waals surface area contributed by atoms with Gasteiger partial charge in [0.1, 0.15) is 0 Å². The average Bonchev–Trinajstić information content (AvgIpc) is 3.52. The van der Waals surface area contributed by atoms with Crippen molar-refractivity contribution in [3.05, 3.63) is 0 Å². The summed E-state index contributed by atoms with van der Waals surface area (Å²) in [6.45, 7) is 9.43. The average molecular weight is 482 g/mol. The monoisotopic (exact) mass is 481 g/mol. The Morgan fingerprint density at radius 1 is 0.667 bits per heavy atom. The fraction of sp³-hybridized carbons (Fsp3) is 0.864. The van der Waals surface area contributed by atoms with E-state index in [1.807, 2.05) is 0 Å². The molecule has 3 fully saturated rings. The summed E-state index contributed by atoms with van der Waals surface area (Å²) in [7, 11) is -3.31. The molecular weight excluding hydrogens is 442 g/mol. The number of aromatic nitrogens is 3. The third kappa shape index (κ3) is 7.38. The van der Waals surface area contributed by atoms with E-state index in [4.69, 9.17) is 19.1 Å². The molecule has 3 saturated heterocycles. The van der Waals surface area contributed by atoms with E-state index in [-0.39, 0.29) is 0 Å². The predicted octanol–water partition coefficient (Wildman–Crippen LogP) is 1.73. The van der Waals surface area contributed by atoms with Gasteiger partial charge in [-0.1, -0.05) is 12.8 Å². The van der Waals surface area contributed by atoms with Gasteiger partial charge in [-0.15, -0.1) is 0 Å². The minimum absolute atomic E-state index is 0.294. The first kappa shape index (κ1) is 24.4. The lowest BCUT2D eigenvalue weighted by molar-refractivity contribution is 0.249. The third-order valence-electron chi connectivity index (χ3n) is 6.70. The summed E-state index contributed by atoms with van der Waals surface area (Å²) < 4.78 is 26.7. The van der Waals surface area contributed by atoms with E-state index in [9.17, 15) is 8.42 Å². The van der Waals surface area contributed by atoms with E-state index >= 15 is 0 Å². The lowest BCUT2D eigenvalue weighted by Crippen LogP contribution is -2.47. The Morgan fingerprint density at radius 3 is 1.61 bits per heavy atom. The quantitative estimate of drug-likeness (QED) is 0.343. The molecule has 1 aromatic heterocycles. The van der Waals surface area contributed by atoms with Crippen molar-refractivity contribution in [2.24, 2.45) is 0 Å². The highest BCUT2D eigenvalue weighted by atomic mass is 32.2. The zero-order chi connectivity index (χ0) is 23.1. The zero-order valence-corrected chi connectivity index (χ0v) is 20.8. The smallest absolute Gasteiger partial charge is 0.264 e. The fourth-order valence-electron chi connectivity index (χ4n) is 4.77. The number of rotatable bonds is 11. The number of unbranched alkanes of at least 4 members (excludes halogenated alkanes) is 3. The van der Waals surface area contributed by atoms with Crippen LogP contribution in [0.1, 0.15) is 51.4 Å². The molecule has 0 N–H and O–H groups in total. The SMILES string of the molecule is CS(=O)(=O)OCCCCCCN1CCN(c2nc(N3CCCC3)nc(N3CCCC3)n2)CC1. The number of nitrogens with zero attached hydrogens (tertiary/aromatic N) is 7. The molecule has 11 heteroatoms. The Balaban J connectivity index is 1.25. The van der Waals surface area contributed by atoms with Gasteiger partial charge in [-0.2, -0.15) is 23.4 Å². The van der Waals surface area contributed by atoms with Gasteiger partial charge in [0.15, 0.2) is 0 Å². The van der Waals surface area contributed by atoms with Crippen LogP contribution in [0.3, 0.4) is 0 Å². The van der Waals surface area contributed by atoms with E-state index in [0.717, 1.165) is 109 Å². The molecule has 1 aromatic rings. The summed E-state index contributed by atoms with van der Waals surface area (Å²) in [4.78, 5) is 24.1. The van der Waals surface area contributed by atoms with Crippen molar-refractivity contribution in [1.82, 2.24) is 19.9 Å². The van der Waals surface area contributed by atoms with Crippen molar-refractivity contribution in [3.8, 4) is 0 Å². The van der Waals surface area contributed by atoms with Gasteiger partial charge in [-0.25, -0.2) is 0 Å². The van der Waals surface area contributed by atoms with Gasteiger partial charge in [0.25, 0.3) is 10.1 Å². The van der Waals surface area contributed by atoms with Gasteiger partial charge >= 0.3 is 0 Å². The Morgan fingerprint density at radius 2 is 1.12 bits per heavy atom. The Kier molecular flexibility index (Phi) is 8.59. The molecule has 0 bridgehead atoms. The van der Waals surface area contributed by atoms with Crippen LogP contribution in [0, 0.1) is 0 Å². The molecule has 3 aliphatic rings. The van der Waals surface area contributed by atoms with Crippen LogP contribution >= 0.6 is 0 Å². The highest BCUT2D eigenvalue weighted by molar-refractivity contribution is 7.85. The molecule has 186 valence electrons. The van der Waals surface area contributed by atoms with Gasteiger partial charge in [-0.3, -0.25) is 9.08 Å². The first-order valence-electron chi connectivity index (χ1n) is 12.6. The number of hydrogen-bond donors (Lipinski definition) is 0. The molecule has 10 nitrogen and oxygen atoms in total. The second kappa shape index (κ2) is 11.6. The van der Waals surface area contributed by atoms with Gasteiger partial charge in [0.05, 0.1) is 12.9 Å². The maximum atomic E-state index is 11.0. The second-order valence-corrected chi connectivity index (χ2v) is 11.0. The van der Waals surface area contributed by atoms with Crippen molar-refractivity contribution in [2.45, 2.75) is 51.4 Å². The lowest BCUT2D eigenvalue weighted by Gasteiger charge is -2.35. The van der Waals surface area contributed by atoms with Crippen molar-refractivity contribution in [2.75, 3.05) is 86.5 Å². The van der Waals surface area contributed by atoms with Crippen molar-refractivity contribution in [3.63, 3.8) is 0 Å². The van der Waals surface area contributed by atoms with Crippen LogP contribution in [0.5, 0.6) is 0 Å². The maximum absolute atomic E-state index is 11.0. The minimum Gasteiger partial charge on any atom is -0.341 e. The summed E-state index contributed by atoms with van der Waals surface area (Å²) >= 11 is 0. The van der Waals surface area contributed by atoms with E-state index in [2.05, 4.69) is 19.6 Å². The largest absolute Gasteiger partial charge is 0.341 e. The van der Waals surface area contributed by atoms with Crippen molar-refractivity contribution < 1.29 is 12.6 Å². The maximum Gasteiger partial charge on any atom is 0.264 e. The molecule has 0 unspecified atom stereocenters. The summed E-state index contributed by atoms with van der Waals surface area (Å²) in [6.07, 6.45) is 9.96. The molecular formula is C22H39N7O3S.